The Bertz CT molecular complexity index is 133. The Labute approximate surface area is 55.6 Å². The van der Waals surface area contributed by atoms with Crippen molar-refractivity contribution in [2.45, 2.75) is 6.18 Å². The Morgan fingerprint density at radius 1 is 1.60 bits per heavy atom. The van der Waals surface area contributed by atoms with Crippen molar-refractivity contribution in [1.29, 1.82) is 0 Å². The third-order valence-electron chi connectivity index (χ3n) is 0.763. The number of rotatable bonds is 1. The number of hydrogen-bond acceptors (Lipinski definition) is 1. The third kappa shape index (κ3) is 3.99. The second-order valence-corrected chi connectivity index (χ2v) is 1.78. The van der Waals surface area contributed by atoms with Crippen molar-refractivity contribution in [3.8, 4) is 0 Å². The minimum atomic E-state index is -4.41. The van der Waals surface area contributed by atoms with Gasteiger partial charge >= 0.3 is 12.2 Å². The van der Waals surface area contributed by atoms with Crippen LogP contribution in [0.3, 0.4) is 0 Å². The van der Waals surface area contributed by atoms with Gasteiger partial charge in [-0.15, -0.1) is 0 Å². The monoisotopic (exact) mass is 155 g/mol. The maximum absolute atomic E-state index is 11.4. The fraction of sp³-hybridized carbons (Fsp3) is 0.750. The Balaban J connectivity index is 3.80. The lowest BCUT2D eigenvalue weighted by atomic mass is 10.6. The number of carbonyl (C=O) groups is 1. The summed E-state index contributed by atoms with van der Waals surface area (Å²) in [7, 11) is 0.919. The average molecular weight is 155 g/mol. The zero-order chi connectivity index (χ0) is 8.36. The van der Waals surface area contributed by atoms with Gasteiger partial charge in [0.15, 0.2) is 0 Å². The fourth-order valence-electron chi connectivity index (χ4n) is 0.341. The van der Waals surface area contributed by atoms with E-state index in [9.17, 15) is 18.0 Å². The summed E-state index contributed by atoms with van der Waals surface area (Å²) in [5, 5.41) is 0. The van der Waals surface area contributed by atoms with Gasteiger partial charge in [0.05, 0.1) is 0 Å². The molecule has 0 atom stereocenters. The summed E-state index contributed by atoms with van der Waals surface area (Å²) in [4.78, 5) is 10.2. The summed E-state index contributed by atoms with van der Waals surface area (Å²) in [5.41, 5.74) is 6.25. The Morgan fingerprint density at radius 2 is 2.00 bits per heavy atom. The van der Waals surface area contributed by atoms with Gasteiger partial charge in [0.25, 0.3) is 0 Å². The van der Waals surface area contributed by atoms with E-state index < -0.39 is 18.8 Å². The molecule has 0 aromatic rings. The molecule has 0 aliphatic carbocycles. The first kappa shape index (κ1) is 9.06. The molecule has 0 aliphatic heterocycles. The van der Waals surface area contributed by atoms with Gasteiger partial charge in [0.1, 0.15) is 6.54 Å². The zero-order valence-corrected chi connectivity index (χ0v) is 5.20. The third-order valence-corrected chi connectivity index (χ3v) is 0.763. The molecule has 59 valence electrons. The second-order valence-electron chi connectivity index (χ2n) is 1.78. The van der Waals surface area contributed by atoms with E-state index in [0.29, 0.717) is 0 Å². The largest absolute Gasteiger partial charge is 0.406 e. The smallest absolute Gasteiger partial charge is 0.317 e. The SMILES string of the molecule is CN(CC(F)(F)F)C([NH])=O. The van der Waals surface area contributed by atoms with Crippen molar-refractivity contribution in [1.82, 2.24) is 10.6 Å². The highest BCUT2D eigenvalue weighted by molar-refractivity contribution is 5.70. The molecule has 0 spiro atoms. The number of nitrogens with one attached hydrogen (secondary N) is 1. The molecule has 6 heteroatoms. The van der Waals surface area contributed by atoms with Crippen LogP contribution < -0.4 is 5.73 Å². The lowest BCUT2D eigenvalue weighted by Gasteiger charge is -2.14. The molecule has 1 N–H and O–H groups in total. The molecule has 0 heterocycles. The lowest BCUT2D eigenvalue weighted by Crippen LogP contribution is -2.35. The number of carbonyl (C=O) groups excluding carboxylic acids is 1. The number of nitrogens with zero attached hydrogens (tertiary/aromatic N) is 1. The van der Waals surface area contributed by atoms with Gasteiger partial charge in [-0.1, -0.05) is 0 Å². The van der Waals surface area contributed by atoms with Crippen molar-refractivity contribution < 1.29 is 18.0 Å². The molecule has 0 unspecified atom stereocenters. The van der Waals surface area contributed by atoms with Gasteiger partial charge in [-0.25, -0.2) is 10.5 Å². The lowest BCUT2D eigenvalue weighted by molar-refractivity contribution is -0.137. The van der Waals surface area contributed by atoms with Crippen LogP contribution in [0.2, 0.25) is 0 Å². The number of urea groups is 1. The van der Waals surface area contributed by atoms with E-state index in [4.69, 9.17) is 5.73 Å². The molecular formula is C4H6F3N2O. The molecule has 0 saturated carbocycles. The van der Waals surface area contributed by atoms with Crippen LogP contribution in [0.1, 0.15) is 0 Å². The molecule has 0 aromatic heterocycles. The summed E-state index contributed by atoms with van der Waals surface area (Å²) in [5.74, 6) is 0. The summed E-state index contributed by atoms with van der Waals surface area (Å²) in [6.07, 6.45) is -4.41. The summed E-state index contributed by atoms with van der Waals surface area (Å²) in [6, 6.07) is -1.34. The summed E-state index contributed by atoms with van der Waals surface area (Å²) >= 11 is 0. The van der Waals surface area contributed by atoms with Gasteiger partial charge < -0.3 is 4.90 Å². The van der Waals surface area contributed by atoms with Crippen molar-refractivity contribution >= 4 is 6.03 Å². The second kappa shape index (κ2) is 2.76. The van der Waals surface area contributed by atoms with E-state index in [2.05, 4.69) is 0 Å². The number of hydrogen-bond donors (Lipinski definition) is 0. The van der Waals surface area contributed by atoms with Gasteiger partial charge in [-0.2, -0.15) is 13.2 Å². The minimum Gasteiger partial charge on any atom is -0.317 e. The van der Waals surface area contributed by atoms with Crippen LogP contribution in [0.15, 0.2) is 0 Å². The first-order valence-corrected chi connectivity index (χ1v) is 2.36. The van der Waals surface area contributed by atoms with Gasteiger partial charge in [-0.3, -0.25) is 0 Å². The first-order chi connectivity index (χ1) is 4.33. The van der Waals surface area contributed by atoms with Crippen molar-refractivity contribution in [3.63, 3.8) is 0 Å². The van der Waals surface area contributed by atoms with E-state index in [0.717, 1.165) is 7.05 Å². The van der Waals surface area contributed by atoms with Crippen LogP contribution in [-0.4, -0.2) is 30.7 Å². The highest BCUT2D eigenvalue weighted by atomic mass is 19.4. The van der Waals surface area contributed by atoms with Gasteiger partial charge in [-0.05, 0) is 0 Å². The summed E-state index contributed by atoms with van der Waals surface area (Å²) < 4.78 is 34.2. The molecule has 0 aliphatic rings. The van der Waals surface area contributed by atoms with Crippen LogP contribution in [0, 0.1) is 0 Å². The number of amides is 2. The highest BCUT2D eigenvalue weighted by Crippen LogP contribution is 2.15. The molecule has 3 nitrogen and oxygen atoms in total. The fourth-order valence-corrected chi connectivity index (χ4v) is 0.341. The van der Waals surface area contributed by atoms with Crippen molar-refractivity contribution in [2.75, 3.05) is 13.6 Å². The normalized spacial score (nSPS) is 11.2. The van der Waals surface area contributed by atoms with Crippen molar-refractivity contribution in [3.05, 3.63) is 0 Å². The molecule has 10 heavy (non-hydrogen) atoms. The van der Waals surface area contributed by atoms with E-state index in [1.807, 2.05) is 0 Å². The molecule has 1 radical (unpaired) electrons. The quantitative estimate of drug-likeness (QED) is 0.554. The van der Waals surface area contributed by atoms with Crippen LogP contribution in [-0.2, 0) is 0 Å². The predicted octanol–water partition coefficient (Wildman–Crippen LogP) is 0.883. The highest BCUT2D eigenvalue weighted by Gasteiger charge is 2.30. The van der Waals surface area contributed by atoms with Crippen LogP contribution in [0.5, 0.6) is 0 Å². The standard InChI is InChI=1S/C4H6F3N2O/c1-9(3(8)10)2-4(5,6)7/h8H,2H2,1H3. The summed E-state index contributed by atoms with van der Waals surface area (Å²) in [6.45, 7) is -1.37. The van der Waals surface area contributed by atoms with Gasteiger partial charge in [0, 0.05) is 7.05 Å². The van der Waals surface area contributed by atoms with E-state index in [-0.39, 0.29) is 4.90 Å². The molecule has 0 rings (SSSR count). The first-order valence-electron chi connectivity index (χ1n) is 2.36. The van der Waals surface area contributed by atoms with Crippen LogP contribution >= 0.6 is 0 Å². The maximum atomic E-state index is 11.4. The number of halogens is 3. The number of alkyl halides is 3. The Kier molecular flexibility index (Phi) is 2.50. The van der Waals surface area contributed by atoms with Gasteiger partial charge in [0.2, 0.25) is 0 Å². The molecule has 0 bridgehead atoms. The van der Waals surface area contributed by atoms with Crippen LogP contribution in [0.25, 0.3) is 0 Å². The molecule has 0 saturated heterocycles. The Morgan fingerprint density at radius 3 is 2.10 bits per heavy atom. The average Bonchev–Trinajstić information content (AvgIpc) is 1.60. The van der Waals surface area contributed by atoms with Crippen molar-refractivity contribution in [2.24, 2.45) is 0 Å². The molecular weight excluding hydrogens is 149 g/mol. The minimum absolute atomic E-state index is 0.278. The van der Waals surface area contributed by atoms with E-state index >= 15 is 0 Å². The zero-order valence-electron chi connectivity index (χ0n) is 5.20. The topological polar surface area (TPSA) is 44.1 Å². The Hall–Kier alpha value is -0.940. The predicted molar refractivity (Wildman–Crippen MR) is 27.2 cm³/mol. The molecule has 2 amide bonds. The van der Waals surface area contributed by atoms with E-state index in [1.54, 1.807) is 0 Å². The maximum Gasteiger partial charge on any atom is 0.406 e. The molecule has 0 aromatic carbocycles. The van der Waals surface area contributed by atoms with E-state index in [1.165, 1.54) is 0 Å². The van der Waals surface area contributed by atoms with Crippen LogP contribution in [0.4, 0.5) is 18.0 Å². The molecule has 0 fully saturated rings.